The second-order valence-corrected chi connectivity index (χ2v) is 3.92. The number of anilines is 1. The first-order valence-corrected chi connectivity index (χ1v) is 5.48. The fraction of sp³-hybridized carbons (Fsp3) is 0.600. The number of hydrogen-bond donors (Lipinski definition) is 1. The number of halogens is 1. The van der Waals surface area contributed by atoms with Gasteiger partial charge in [-0.2, -0.15) is 4.98 Å². The van der Waals surface area contributed by atoms with Crippen LogP contribution in [0.5, 0.6) is 5.88 Å². The summed E-state index contributed by atoms with van der Waals surface area (Å²) in [6.07, 6.45) is 4.16. The molecule has 0 radical (unpaired) electrons. The molecule has 0 bridgehead atoms. The van der Waals surface area contributed by atoms with Gasteiger partial charge in [-0.25, -0.2) is 0 Å². The molecule has 0 saturated carbocycles. The maximum absolute atomic E-state index is 5.82. The van der Waals surface area contributed by atoms with Gasteiger partial charge in [-0.05, 0) is 20.3 Å². The maximum Gasteiger partial charge on any atom is 0.234 e. The van der Waals surface area contributed by atoms with E-state index in [0.29, 0.717) is 12.5 Å². The minimum Gasteiger partial charge on any atom is -0.477 e. The van der Waals surface area contributed by atoms with Crippen LogP contribution in [0.4, 0.5) is 5.82 Å². The third-order valence-electron chi connectivity index (χ3n) is 1.75. The molecule has 0 amide bonds. The van der Waals surface area contributed by atoms with E-state index in [-0.39, 0.29) is 5.38 Å². The molecule has 1 unspecified atom stereocenters. The van der Waals surface area contributed by atoms with E-state index in [1.54, 1.807) is 12.4 Å². The van der Waals surface area contributed by atoms with E-state index in [9.17, 15) is 0 Å². The molecular weight excluding hydrogens is 214 g/mol. The highest BCUT2D eigenvalue weighted by molar-refractivity contribution is 6.20. The SMILES string of the molecule is CCOc1cncc(NCCC(C)Cl)n1. The van der Waals surface area contributed by atoms with Crippen molar-refractivity contribution < 1.29 is 4.74 Å². The molecular formula is C10H16ClN3O. The Labute approximate surface area is 95.0 Å². The lowest BCUT2D eigenvalue weighted by molar-refractivity contribution is 0.325. The highest BCUT2D eigenvalue weighted by Crippen LogP contribution is 2.09. The van der Waals surface area contributed by atoms with Crippen LogP contribution < -0.4 is 10.1 Å². The van der Waals surface area contributed by atoms with E-state index in [1.165, 1.54) is 0 Å². The molecule has 4 nitrogen and oxygen atoms in total. The zero-order valence-electron chi connectivity index (χ0n) is 9.03. The smallest absolute Gasteiger partial charge is 0.234 e. The second kappa shape index (κ2) is 6.45. The van der Waals surface area contributed by atoms with Gasteiger partial charge < -0.3 is 10.1 Å². The third-order valence-corrected chi connectivity index (χ3v) is 1.97. The number of ether oxygens (including phenoxy) is 1. The Morgan fingerprint density at radius 1 is 1.53 bits per heavy atom. The average molecular weight is 230 g/mol. The molecule has 0 aliphatic rings. The molecule has 1 aromatic rings. The van der Waals surface area contributed by atoms with Crippen molar-refractivity contribution in [2.75, 3.05) is 18.5 Å². The van der Waals surface area contributed by atoms with E-state index >= 15 is 0 Å². The van der Waals surface area contributed by atoms with Gasteiger partial charge in [0.05, 0.1) is 19.0 Å². The molecule has 1 N–H and O–H groups in total. The van der Waals surface area contributed by atoms with Gasteiger partial charge in [-0.3, -0.25) is 4.98 Å². The van der Waals surface area contributed by atoms with Gasteiger partial charge in [-0.15, -0.1) is 11.6 Å². The van der Waals surface area contributed by atoms with Gasteiger partial charge in [-0.1, -0.05) is 0 Å². The predicted molar refractivity (Wildman–Crippen MR) is 61.6 cm³/mol. The summed E-state index contributed by atoms with van der Waals surface area (Å²) in [4.78, 5) is 8.24. The van der Waals surface area contributed by atoms with Crippen molar-refractivity contribution in [2.24, 2.45) is 0 Å². The molecule has 5 heteroatoms. The van der Waals surface area contributed by atoms with Gasteiger partial charge in [0.15, 0.2) is 0 Å². The van der Waals surface area contributed by atoms with Crippen molar-refractivity contribution in [3.8, 4) is 5.88 Å². The molecule has 0 spiro atoms. The Hall–Kier alpha value is -1.03. The standard InChI is InChI=1S/C10H16ClN3O/c1-3-15-10-7-12-6-9(14-10)13-5-4-8(2)11/h6-8H,3-5H2,1-2H3,(H,13,14). The van der Waals surface area contributed by atoms with Crippen LogP contribution in [-0.2, 0) is 0 Å². The summed E-state index contributed by atoms with van der Waals surface area (Å²) in [5.74, 6) is 1.26. The van der Waals surface area contributed by atoms with Crippen molar-refractivity contribution in [1.29, 1.82) is 0 Å². The predicted octanol–water partition coefficient (Wildman–Crippen LogP) is 2.30. The number of nitrogens with zero attached hydrogens (tertiary/aromatic N) is 2. The molecule has 0 saturated heterocycles. The Balaban J connectivity index is 2.43. The Kier molecular flexibility index (Phi) is 5.18. The molecule has 0 aliphatic heterocycles. The lowest BCUT2D eigenvalue weighted by Gasteiger charge is -2.07. The first-order chi connectivity index (χ1) is 7.22. The molecule has 1 heterocycles. The fourth-order valence-corrected chi connectivity index (χ4v) is 1.16. The van der Waals surface area contributed by atoms with Gasteiger partial charge in [0.1, 0.15) is 5.82 Å². The number of rotatable bonds is 6. The first-order valence-electron chi connectivity index (χ1n) is 5.05. The van der Waals surface area contributed by atoms with Gasteiger partial charge in [0.25, 0.3) is 0 Å². The van der Waals surface area contributed by atoms with E-state index in [4.69, 9.17) is 16.3 Å². The van der Waals surface area contributed by atoms with Gasteiger partial charge in [0.2, 0.25) is 5.88 Å². The number of hydrogen-bond acceptors (Lipinski definition) is 4. The molecule has 0 aliphatic carbocycles. The van der Waals surface area contributed by atoms with Crippen LogP contribution in [0.25, 0.3) is 0 Å². The summed E-state index contributed by atoms with van der Waals surface area (Å²) < 4.78 is 5.23. The molecule has 15 heavy (non-hydrogen) atoms. The van der Waals surface area contributed by atoms with Crippen LogP contribution >= 0.6 is 11.6 Å². The van der Waals surface area contributed by atoms with E-state index < -0.39 is 0 Å². The van der Waals surface area contributed by atoms with E-state index in [2.05, 4.69) is 15.3 Å². The molecule has 1 rings (SSSR count). The summed E-state index contributed by atoms with van der Waals surface area (Å²) in [6, 6.07) is 0. The van der Waals surface area contributed by atoms with Crippen LogP contribution in [-0.4, -0.2) is 28.5 Å². The highest BCUT2D eigenvalue weighted by atomic mass is 35.5. The van der Waals surface area contributed by atoms with Crippen molar-refractivity contribution in [1.82, 2.24) is 9.97 Å². The summed E-state index contributed by atoms with van der Waals surface area (Å²) in [5, 5.41) is 3.30. The lowest BCUT2D eigenvalue weighted by atomic mass is 10.3. The third kappa shape index (κ3) is 4.83. The van der Waals surface area contributed by atoms with Crippen molar-refractivity contribution in [3.05, 3.63) is 12.4 Å². The number of nitrogens with one attached hydrogen (secondary N) is 1. The maximum atomic E-state index is 5.82. The molecule has 84 valence electrons. The zero-order chi connectivity index (χ0) is 11.1. The molecule has 1 aromatic heterocycles. The monoisotopic (exact) mass is 229 g/mol. The minimum absolute atomic E-state index is 0.167. The molecule has 0 aromatic carbocycles. The van der Waals surface area contributed by atoms with E-state index in [0.717, 1.165) is 18.8 Å². The fourth-order valence-electron chi connectivity index (χ4n) is 1.05. The van der Waals surface area contributed by atoms with Crippen LogP contribution in [0.15, 0.2) is 12.4 Å². The number of aromatic nitrogens is 2. The Morgan fingerprint density at radius 3 is 3.00 bits per heavy atom. The van der Waals surface area contributed by atoms with E-state index in [1.807, 2.05) is 13.8 Å². The van der Waals surface area contributed by atoms with Crippen LogP contribution in [0.3, 0.4) is 0 Å². The average Bonchev–Trinajstić information content (AvgIpc) is 2.18. The molecule has 0 fully saturated rings. The lowest BCUT2D eigenvalue weighted by Crippen LogP contribution is -2.08. The van der Waals surface area contributed by atoms with Crippen molar-refractivity contribution in [3.63, 3.8) is 0 Å². The summed E-state index contributed by atoms with van der Waals surface area (Å²) >= 11 is 5.82. The largest absolute Gasteiger partial charge is 0.477 e. The first kappa shape index (κ1) is 12.0. The molecule has 1 atom stereocenters. The topological polar surface area (TPSA) is 47.0 Å². The summed E-state index contributed by atoms with van der Waals surface area (Å²) in [7, 11) is 0. The normalized spacial score (nSPS) is 12.2. The Morgan fingerprint density at radius 2 is 2.33 bits per heavy atom. The summed E-state index contributed by atoms with van der Waals surface area (Å²) in [6.45, 7) is 5.26. The van der Waals surface area contributed by atoms with Crippen LogP contribution in [0.2, 0.25) is 0 Å². The van der Waals surface area contributed by atoms with Crippen molar-refractivity contribution >= 4 is 17.4 Å². The highest BCUT2D eigenvalue weighted by Gasteiger charge is 1.99. The quantitative estimate of drug-likeness (QED) is 0.761. The Bertz CT molecular complexity index is 294. The van der Waals surface area contributed by atoms with Crippen LogP contribution in [0.1, 0.15) is 20.3 Å². The van der Waals surface area contributed by atoms with Gasteiger partial charge in [0, 0.05) is 11.9 Å². The van der Waals surface area contributed by atoms with Crippen LogP contribution in [0, 0.1) is 0 Å². The second-order valence-electron chi connectivity index (χ2n) is 3.17. The van der Waals surface area contributed by atoms with Gasteiger partial charge >= 0.3 is 0 Å². The summed E-state index contributed by atoms with van der Waals surface area (Å²) in [5.41, 5.74) is 0. The van der Waals surface area contributed by atoms with Crippen molar-refractivity contribution in [2.45, 2.75) is 25.6 Å². The zero-order valence-corrected chi connectivity index (χ0v) is 9.79. The number of alkyl halides is 1. The minimum atomic E-state index is 0.167.